The van der Waals surface area contributed by atoms with Gasteiger partial charge in [-0.2, -0.15) is 0 Å². The Bertz CT molecular complexity index is 959. The van der Waals surface area contributed by atoms with Crippen LogP contribution in [-0.4, -0.2) is 28.9 Å². The summed E-state index contributed by atoms with van der Waals surface area (Å²) in [6.45, 7) is 0. The lowest BCUT2D eigenvalue weighted by Crippen LogP contribution is -2.17. The molecular weight excluding hydrogens is 300 g/mol. The molecule has 2 rings (SSSR count). The van der Waals surface area contributed by atoms with E-state index in [1.165, 1.54) is 50.1 Å². The highest BCUT2D eigenvalue weighted by atomic mass is 16.3. The van der Waals surface area contributed by atoms with Crippen LogP contribution in [-0.2, 0) is 28.2 Å². The molecule has 2 heterocycles. The van der Waals surface area contributed by atoms with Crippen molar-refractivity contribution in [3.05, 3.63) is 49.7 Å². The standard InChI is InChI=1S/C15H18N4O4/c1-16-12(20)10(13(21)17(16)2)8-6-5-7-9-11-14(22)18(3)19(4)15(11)23/h5-6,8-9,20,22H,1-4H3. The molecular formula is C15H18N4O4. The largest absolute Gasteiger partial charge is 0.493 e. The first-order valence-electron chi connectivity index (χ1n) is 6.76. The molecule has 0 saturated carbocycles. The predicted octanol–water partition coefficient (Wildman–Crippen LogP) is 0.0539. The molecule has 122 valence electrons. The number of aromatic nitrogens is 4. The Labute approximate surface area is 131 Å². The zero-order valence-corrected chi connectivity index (χ0v) is 13.3. The molecule has 23 heavy (non-hydrogen) atoms. The Kier molecular flexibility index (Phi) is 4.20. The first kappa shape index (κ1) is 16.3. The molecule has 8 nitrogen and oxygen atoms in total. The fourth-order valence-electron chi connectivity index (χ4n) is 2.05. The molecule has 8 heteroatoms. The van der Waals surface area contributed by atoms with Crippen molar-refractivity contribution in [3.63, 3.8) is 0 Å². The van der Waals surface area contributed by atoms with E-state index >= 15 is 0 Å². The molecule has 0 aliphatic rings. The Hall–Kier alpha value is -3.12. The molecule has 0 aromatic carbocycles. The number of allylic oxidation sites excluding steroid dienone is 2. The van der Waals surface area contributed by atoms with Crippen molar-refractivity contribution in [2.45, 2.75) is 0 Å². The first-order chi connectivity index (χ1) is 10.8. The van der Waals surface area contributed by atoms with Crippen LogP contribution in [0.2, 0.25) is 0 Å². The highest BCUT2D eigenvalue weighted by Gasteiger charge is 2.12. The van der Waals surface area contributed by atoms with E-state index in [9.17, 15) is 19.8 Å². The highest BCUT2D eigenvalue weighted by molar-refractivity contribution is 5.57. The summed E-state index contributed by atoms with van der Waals surface area (Å²) in [5, 5.41) is 19.6. The van der Waals surface area contributed by atoms with Gasteiger partial charge >= 0.3 is 0 Å². The fourth-order valence-corrected chi connectivity index (χ4v) is 2.05. The van der Waals surface area contributed by atoms with Crippen molar-refractivity contribution in [1.82, 2.24) is 18.7 Å². The van der Waals surface area contributed by atoms with Gasteiger partial charge in [0.1, 0.15) is 11.1 Å². The van der Waals surface area contributed by atoms with Gasteiger partial charge in [0.2, 0.25) is 11.8 Å². The van der Waals surface area contributed by atoms with Crippen LogP contribution in [0.1, 0.15) is 11.1 Å². The van der Waals surface area contributed by atoms with Crippen molar-refractivity contribution in [2.75, 3.05) is 0 Å². The molecule has 0 bridgehead atoms. The van der Waals surface area contributed by atoms with Crippen LogP contribution in [0, 0.1) is 0 Å². The third-order valence-electron chi connectivity index (χ3n) is 3.73. The molecule has 2 aromatic heterocycles. The number of nitrogens with zero attached hydrogens (tertiary/aromatic N) is 4. The van der Waals surface area contributed by atoms with Crippen LogP contribution in [0.15, 0.2) is 27.5 Å². The molecule has 0 radical (unpaired) electrons. The molecule has 0 unspecified atom stereocenters. The van der Waals surface area contributed by atoms with Crippen LogP contribution in [0.25, 0.3) is 12.2 Å². The maximum atomic E-state index is 11.8. The summed E-state index contributed by atoms with van der Waals surface area (Å²) in [5.41, 5.74) is 2.35. The van der Waals surface area contributed by atoms with Crippen LogP contribution in [0.4, 0.5) is 0 Å². The van der Waals surface area contributed by atoms with E-state index in [2.05, 4.69) is 5.73 Å². The third kappa shape index (κ3) is 2.67. The maximum Gasteiger partial charge on any atom is 0.278 e. The maximum absolute atomic E-state index is 11.8. The number of rotatable bonds is 3. The van der Waals surface area contributed by atoms with Gasteiger partial charge in [-0.05, 0) is 18.2 Å². The fraction of sp³-hybridized carbons (Fsp3) is 0.267. The Morgan fingerprint density at radius 2 is 1.30 bits per heavy atom. The molecule has 0 aliphatic heterocycles. The average molecular weight is 318 g/mol. The monoisotopic (exact) mass is 318 g/mol. The zero-order valence-electron chi connectivity index (χ0n) is 13.3. The van der Waals surface area contributed by atoms with Gasteiger partial charge in [0.15, 0.2) is 0 Å². The van der Waals surface area contributed by atoms with Gasteiger partial charge in [0, 0.05) is 28.2 Å². The number of hydrogen-bond acceptors (Lipinski definition) is 4. The predicted molar refractivity (Wildman–Crippen MR) is 86.2 cm³/mol. The van der Waals surface area contributed by atoms with E-state index in [-0.39, 0.29) is 34.0 Å². The minimum Gasteiger partial charge on any atom is -0.493 e. The molecule has 0 aliphatic carbocycles. The average Bonchev–Trinajstić information content (AvgIpc) is 2.83. The molecule has 0 saturated heterocycles. The van der Waals surface area contributed by atoms with Gasteiger partial charge in [-0.1, -0.05) is 6.08 Å². The molecule has 0 fully saturated rings. The van der Waals surface area contributed by atoms with E-state index < -0.39 is 0 Å². The molecule has 0 atom stereocenters. The summed E-state index contributed by atoms with van der Waals surface area (Å²) < 4.78 is 5.19. The normalized spacial score (nSPS) is 11.0. The Morgan fingerprint density at radius 3 is 1.74 bits per heavy atom. The van der Waals surface area contributed by atoms with Crippen molar-refractivity contribution in [1.29, 1.82) is 0 Å². The lowest BCUT2D eigenvalue weighted by atomic mass is 10.3. The van der Waals surface area contributed by atoms with Crippen LogP contribution in [0.5, 0.6) is 11.8 Å². The summed E-state index contributed by atoms with van der Waals surface area (Å²) >= 11 is 0. The number of hydrogen-bond donors (Lipinski definition) is 2. The first-order valence-corrected chi connectivity index (χ1v) is 6.76. The van der Waals surface area contributed by atoms with Crippen LogP contribution >= 0.6 is 0 Å². The second-order valence-corrected chi connectivity index (χ2v) is 5.02. The lowest BCUT2D eigenvalue weighted by molar-refractivity contribution is 0.396. The smallest absolute Gasteiger partial charge is 0.278 e. The molecule has 0 amide bonds. The molecule has 0 spiro atoms. The summed E-state index contributed by atoms with van der Waals surface area (Å²) in [6.07, 6.45) is 5.78. The minimum absolute atomic E-state index is 0.123. The molecule has 2 N–H and O–H groups in total. The van der Waals surface area contributed by atoms with Gasteiger partial charge < -0.3 is 10.2 Å². The van der Waals surface area contributed by atoms with Crippen molar-refractivity contribution < 1.29 is 10.2 Å². The van der Waals surface area contributed by atoms with Crippen molar-refractivity contribution in [3.8, 4) is 11.8 Å². The zero-order chi connectivity index (χ0) is 17.3. The topological polar surface area (TPSA) is 94.3 Å². The lowest BCUT2D eigenvalue weighted by Gasteiger charge is -1.97. The second kappa shape index (κ2) is 5.94. The minimum atomic E-state index is -0.343. The van der Waals surface area contributed by atoms with E-state index in [0.29, 0.717) is 0 Å². The Balaban J connectivity index is 2.30. The van der Waals surface area contributed by atoms with E-state index in [4.69, 9.17) is 0 Å². The van der Waals surface area contributed by atoms with Crippen LogP contribution in [0.3, 0.4) is 0 Å². The third-order valence-corrected chi connectivity index (χ3v) is 3.73. The summed E-state index contributed by atoms with van der Waals surface area (Å²) in [4.78, 5) is 23.7. The van der Waals surface area contributed by atoms with Gasteiger partial charge in [0.25, 0.3) is 11.1 Å². The van der Waals surface area contributed by atoms with Gasteiger partial charge in [0.05, 0.1) is 0 Å². The van der Waals surface area contributed by atoms with Crippen molar-refractivity contribution >= 4 is 12.2 Å². The van der Waals surface area contributed by atoms with Crippen molar-refractivity contribution in [2.24, 2.45) is 28.2 Å². The second-order valence-electron chi connectivity index (χ2n) is 5.02. The molecule has 2 aromatic rings. The summed E-state index contributed by atoms with van der Waals surface area (Å²) in [5.74, 6) is -0.294. The highest BCUT2D eigenvalue weighted by Crippen LogP contribution is 2.14. The van der Waals surface area contributed by atoms with E-state index in [0.717, 1.165) is 0 Å². The van der Waals surface area contributed by atoms with E-state index in [1.54, 1.807) is 21.1 Å². The SMILES string of the molecule is Cn1c(O)c(C=C=CC=Cc2c(O)n(C)n(C)c2=O)c(=O)n1C. The number of aromatic hydroxyl groups is 2. The van der Waals surface area contributed by atoms with Gasteiger partial charge in [-0.3, -0.25) is 28.3 Å². The Morgan fingerprint density at radius 1 is 0.826 bits per heavy atom. The van der Waals surface area contributed by atoms with Gasteiger partial charge in [-0.25, -0.2) is 0 Å². The van der Waals surface area contributed by atoms with Crippen LogP contribution < -0.4 is 11.1 Å². The summed E-state index contributed by atoms with van der Waals surface area (Å²) in [7, 11) is 6.21. The van der Waals surface area contributed by atoms with E-state index in [1.807, 2.05) is 0 Å². The summed E-state index contributed by atoms with van der Waals surface area (Å²) in [6, 6.07) is 0. The van der Waals surface area contributed by atoms with Gasteiger partial charge in [-0.15, -0.1) is 5.73 Å². The quantitative estimate of drug-likeness (QED) is 0.618.